The molecule has 7 rings (SSSR count). The minimum absolute atomic E-state index is 0.00420. The fourth-order valence-corrected chi connectivity index (χ4v) is 5.86. The lowest BCUT2D eigenvalue weighted by Gasteiger charge is -2.35. The van der Waals surface area contributed by atoms with E-state index in [4.69, 9.17) is 25.8 Å². The number of benzene rings is 2. The van der Waals surface area contributed by atoms with Crippen LogP contribution in [0.1, 0.15) is 44.2 Å². The minimum Gasteiger partial charge on any atom is -0.478 e. The standard InChI is InChI=1S/C35H26ClF3N6O6/c36-23-11-28(33(46)44-35(15-40)16-49-17-35)41-12-20(23)14-51-31-3-1-2-27(42-31)22-10-24(37)18(6-25(22)38)9-30-43-32-26(39)7-19(34(47)48)8-29(32)45(30)13-21-4-5-50-21/h1-3,6-8,10-12,21H,4-5,9,13-14,16-17H2,(H,44,46)(H,47,48). The van der Waals surface area contributed by atoms with Crippen LogP contribution < -0.4 is 10.1 Å². The van der Waals surface area contributed by atoms with Gasteiger partial charge in [0.2, 0.25) is 5.88 Å². The Balaban J connectivity index is 1.08. The summed E-state index contributed by atoms with van der Waals surface area (Å²) >= 11 is 6.37. The summed E-state index contributed by atoms with van der Waals surface area (Å²) < 4.78 is 64.0. The van der Waals surface area contributed by atoms with Gasteiger partial charge in [-0.2, -0.15) is 5.26 Å². The van der Waals surface area contributed by atoms with Gasteiger partial charge >= 0.3 is 5.97 Å². The highest BCUT2D eigenvalue weighted by molar-refractivity contribution is 6.31. The third-order valence-corrected chi connectivity index (χ3v) is 8.95. The first kappa shape index (κ1) is 33.9. The number of fused-ring (bicyclic) bond motifs is 1. The predicted octanol–water partition coefficient (Wildman–Crippen LogP) is 5.24. The number of ether oxygens (including phenoxy) is 3. The molecule has 5 heterocycles. The molecule has 260 valence electrons. The molecule has 0 radical (unpaired) electrons. The molecule has 2 aliphatic rings. The lowest BCUT2D eigenvalue weighted by Crippen LogP contribution is -2.61. The Labute approximate surface area is 292 Å². The third kappa shape index (κ3) is 6.81. The zero-order chi connectivity index (χ0) is 35.9. The summed E-state index contributed by atoms with van der Waals surface area (Å²) in [5, 5.41) is 21.5. The number of imidazole rings is 1. The largest absolute Gasteiger partial charge is 0.478 e. The second-order valence-corrected chi connectivity index (χ2v) is 12.5. The molecule has 0 aliphatic carbocycles. The van der Waals surface area contributed by atoms with Crippen LogP contribution in [-0.4, -0.2) is 68.0 Å². The van der Waals surface area contributed by atoms with E-state index < -0.39 is 34.9 Å². The summed E-state index contributed by atoms with van der Waals surface area (Å²) in [6.07, 6.45) is 1.64. The van der Waals surface area contributed by atoms with Crippen LogP contribution >= 0.6 is 11.6 Å². The van der Waals surface area contributed by atoms with Crippen LogP contribution in [-0.2, 0) is 29.0 Å². The van der Waals surface area contributed by atoms with E-state index in [9.17, 15) is 24.3 Å². The van der Waals surface area contributed by atoms with Gasteiger partial charge in [0.05, 0.1) is 53.7 Å². The van der Waals surface area contributed by atoms with Crippen LogP contribution in [0.3, 0.4) is 0 Å². The maximum Gasteiger partial charge on any atom is 0.335 e. The summed E-state index contributed by atoms with van der Waals surface area (Å²) in [6, 6.07) is 12.1. The summed E-state index contributed by atoms with van der Waals surface area (Å²) in [5.41, 5.74) is -0.956. The number of nitrogens with zero attached hydrogens (tertiary/aromatic N) is 5. The first-order valence-electron chi connectivity index (χ1n) is 15.6. The molecule has 0 saturated carbocycles. The topological polar surface area (TPSA) is 161 Å². The maximum atomic E-state index is 15.6. The van der Waals surface area contributed by atoms with E-state index >= 15 is 8.78 Å². The number of carboxylic acid groups (broad SMARTS) is 1. The molecular weight excluding hydrogens is 693 g/mol. The van der Waals surface area contributed by atoms with Crippen LogP contribution in [0, 0.1) is 28.8 Å². The number of carbonyl (C=O) groups excluding carboxylic acids is 1. The molecule has 1 atom stereocenters. The molecule has 2 fully saturated rings. The molecule has 2 N–H and O–H groups in total. The Hall–Kier alpha value is -5.56. The van der Waals surface area contributed by atoms with Gasteiger partial charge < -0.3 is 29.2 Å². The summed E-state index contributed by atoms with van der Waals surface area (Å²) in [7, 11) is 0. The number of aromatic nitrogens is 4. The molecule has 0 bridgehead atoms. The van der Waals surface area contributed by atoms with Crippen LogP contribution in [0.4, 0.5) is 13.2 Å². The van der Waals surface area contributed by atoms with Crippen molar-refractivity contribution >= 4 is 34.5 Å². The van der Waals surface area contributed by atoms with Crippen LogP contribution in [0.2, 0.25) is 5.02 Å². The van der Waals surface area contributed by atoms with E-state index in [2.05, 4.69) is 20.3 Å². The van der Waals surface area contributed by atoms with E-state index in [1.54, 1.807) is 10.6 Å². The number of aromatic carboxylic acids is 1. The fraction of sp³-hybridized carbons (Fsp3) is 0.257. The van der Waals surface area contributed by atoms with Crippen molar-refractivity contribution in [3.8, 4) is 23.2 Å². The number of hydrogen-bond donors (Lipinski definition) is 2. The molecule has 3 aromatic heterocycles. The maximum absolute atomic E-state index is 15.6. The Morgan fingerprint density at radius 2 is 1.90 bits per heavy atom. The predicted molar refractivity (Wildman–Crippen MR) is 174 cm³/mol. The summed E-state index contributed by atoms with van der Waals surface area (Å²) in [4.78, 5) is 36.9. The average Bonchev–Trinajstić information content (AvgIpc) is 3.42. The Kier molecular flexibility index (Phi) is 9.06. The van der Waals surface area contributed by atoms with Crippen molar-refractivity contribution in [2.24, 2.45) is 0 Å². The normalized spacial score (nSPS) is 16.2. The molecule has 1 amide bonds. The van der Waals surface area contributed by atoms with Crippen molar-refractivity contribution in [1.82, 2.24) is 24.8 Å². The molecule has 2 aliphatic heterocycles. The molecule has 2 saturated heterocycles. The number of nitriles is 1. The number of carboxylic acids is 1. The van der Waals surface area contributed by atoms with E-state index in [0.717, 1.165) is 24.6 Å². The van der Waals surface area contributed by atoms with Crippen LogP contribution in [0.5, 0.6) is 5.88 Å². The number of nitrogens with one attached hydrogen (secondary N) is 1. The van der Waals surface area contributed by atoms with Crippen molar-refractivity contribution in [2.45, 2.75) is 37.6 Å². The molecule has 12 nitrogen and oxygen atoms in total. The average molecular weight is 719 g/mol. The van der Waals surface area contributed by atoms with E-state index in [0.29, 0.717) is 12.2 Å². The van der Waals surface area contributed by atoms with Gasteiger partial charge in [0.25, 0.3) is 5.91 Å². The number of rotatable bonds is 11. The Morgan fingerprint density at radius 3 is 2.57 bits per heavy atom. The highest BCUT2D eigenvalue weighted by Gasteiger charge is 2.41. The zero-order valence-corrected chi connectivity index (χ0v) is 27.2. The molecule has 1 unspecified atom stereocenters. The summed E-state index contributed by atoms with van der Waals surface area (Å²) in [6.45, 7) is 0.804. The monoisotopic (exact) mass is 718 g/mol. The highest BCUT2D eigenvalue weighted by atomic mass is 35.5. The van der Waals surface area contributed by atoms with Gasteiger partial charge in [-0.05, 0) is 48.4 Å². The van der Waals surface area contributed by atoms with Crippen molar-refractivity contribution in [2.75, 3.05) is 19.8 Å². The van der Waals surface area contributed by atoms with Crippen molar-refractivity contribution in [3.05, 3.63) is 105 Å². The summed E-state index contributed by atoms with van der Waals surface area (Å²) in [5.74, 6) is -4.02. The van der Waals surface area contributed by atoms with E-state index in [1.165, 1.54) is 30.5 Å². The number of hydrogen-bond acceptors (Lipinski definition) is 9. The highest BCUT2D eigenvalue weighted by Crippen LogP contribution is 2.30. The second-order valence-electron chi connectivity index (χ2n) is 12.1. The quantitative estimate of drug-likeness (QED) is 0.185. The van der Waals surface area contributed by atoms with Crippen LogP contribution in [0.25, 0.3) is 22.3 Å². The van der Waals surface area contributed by atoms with E-state index in [1.807, 2.05) is 6.07 Å². The molecule has 0 spiro atoms. The van der Waals surface area contributed by atoms with Gasteiger partial charge in [-0.3, -0.25) is 9.78 Å². The molecule has 2 aromatic carbocycles. The van der Waals surface area contributed by atoms with Gasteiger partial charge in [-0.25, -0.2) is 27.9 Å². The lowest BCUT2D eigenvalue weighted by molar-refractivity contribution is -0.0589. The second kappa shape index (κ2) is 13.6. The fourth-order valence-electron chi connectivity index (χ4n) is 5.65. The SMILES string of the molecule is N#CC1(NC(=O)c2cc(Cl)c(COc3cccc(-c4cc(F)c(Cc5nc6c(F)cc(C(=O)O)cc6n5CC5CCO5)cc4F)n3)cn2)COC1. The van der Waals surface area contributed by atoms with Gasteiger partial charge in [-0.1, -0.05) is 17.7 Å². The van der Waals surface area contributed by atoms with Crippen molar-refractivity contribution < 1.29 is 42.1 Å². The third-order valence-electron chi connectivity index (χ3n) is 8.60. The van der Waals surface area contributed by atoms with E-state index in [-0.39, 0.29) is 94.7 Å². The first-order chi connectivity index (χ1) is 24.5. The number of pyridine rings is 2. The molecule has 51 heavy (non-hydrogen) atoms. The zero-order valence-electron chi connectivity index (χ0n) is 26.5. The minimum atomic E-state index is -1.32. The van der Waals surface area contributed by atoms with Gasteiger partial charge in [0, 0.05) is 36.4 Å². The van der Waals surface area contributed by atoms with Crippen molar-refractivity contribution in [1.29, 1.82) is 5.26 Å². The smallest absolute Gasteiger partial charge is 0.335 e. The number of halogens is 4. The molecule has 16 heteroatoms. The molecular formula is C35H26ClF3N6O6. The van der Waals surface area contributed by atoms with Gasteiger partial charge in [0.15, 0.2) is 11.4 Å². The van der Waals surface area contributed by atoms with Crippen molar-refractivity contribution in [3.63, 3.8) is 0 Å². The number of carbonyl (C=O) groups is 2. The van der Waals surface area contributed by atoms with Gasteiger partial charge in [-0.15, -0.1) is 0 Å². The lowest BCUT2D eigenvalue weighted by atomic mass is 9.99. The molecule has 5 aromatic rings. The first-order valence-corrected chi connectivity index (χ1v) is 16.0. The number of amides is 1. The van der Waals surface area contributed by atoms with Gasteiger partial charge in [0.1, 0.15) is 35.3 Å². The Bertz CT molecular complexity index is 2250. The van der Waals surface area contributed by atoms with Crippen LogP contribution in [0.15, 0.2) is 54.7 Å². The Morgan fingerprint density at radius 1 is 1.10 bits per heavy atom.